The van der Waals surface area contributed by atoms with Crippen LogP contribution in [0.3, 0.4) is 0 Å². The Labute approximate surface area is 136 Å². The highest BCUT2D eigenvalue weighted by molar-refractivity contribution is 8.23. The lowest BCUT2D eigenvalue weighted by atomic mass is 10.0. The van der Waals surface area contributed by atoms with Crippen molar-refractivity contribution >= 4 is 28.2 Å². The summed E-state index contributed by atoms with van der Waals surface area (Å²) in [7, 11) is 1.71. The van der Waals surface area contributed by atoms with E-state index in [2.05, 4.69) is 23.1 Å². The van der Waals surface area contributed by atoms with E-state index in [1.54, 1.807) is 7.11 Å². The molecule has 1 atom stereocenters. The SMILES string of the molecule is COc1ccc(C2CC(N3CCCCC3)=CC(=S)S2)cc1. The topological polar surface area (TPSA) is 12.5 Å². The summed E-state index contributed by atoms with van der Waals surface area (Å²) < 4.78 is 6.26. The van der Waals surface area contributed by atoms with Gasteiger partial charge < -0.3 is 9.64 Å². The fourth-order valence-electron chi connectivity index (χ4n) is 3.01. The molecule has 4 heteroatoms. The summed E-state index contributed by atoms with van der Waals surface area (Å²) in [4.78, 5) is 2.53. The Kier molecular flexibility index (Phi) is 4.86. The van der Waals surface area contributed by atoms with Gasteiger partial charge in [0.25, 0.3) is 0 Å². The Hall–Kier alpha value is -1.00. The largest absolute Gasteiger partial charge is 0.497 e. The van der Waals surface area contributed by atoms with Gasteiger partial charge >= 0.3 is 0 Å². The van der Waals surface area contributed by atoms with E-state index < -0.39 is 0 Å². The third kappa shape index (κ3) is 3.61. The molecule has 0 N–H and O–H groups in total. The van der Waals surface area contributed by atoms with Gasteiger partial charge in [0, 0.05) is 30.5 Å². The number of likely N-dealkylation sites (tertiary alicyclic amines) is 1. The second-order valence-electron chi connectivity index (χ2n) is 5.59. The minimum absolute atomic E-state index is 0.435. The average molecular weight is 319 g/mol. The van der Waals surface area contributed by atoms with Crippen molar-refractivity contribution in [3.8, 4) is 5.75 Å². The van der Waals surface area contributed by atoms with Crippen molar-refractivity contribution in [3.05, 3.63) is 41.6 Å². The molecule has 1 aromatic rings. The Balaban J connectivity index is 1.75. The maximum Gasteiger partial charge on any atom is 0.118 e. The Morgan fingerprint density at radius 1 is 1.14 bits per heavy atom. The van der Waals surface area contributed by atoms with Crippen LogP contribution in [0.15, 0.2) is 36.0 Å². The van der Waals surface area contributed by atoms with E-state index in [0.717, 1.165) is 16.4 Å². The summed E-state index contributed by atoms with van der Waals surface area (Å²) in [5, 5.41) is 0.435. The third-order valence-electron chi connectivity index (χ3n) is 4.19. The molecule has 1 fully saturated rings. The molecule has 0 saturated carbocycles. The van der Waals surface area contributed by atoms with E-state index >= 15 is 0 Å². The van der Waals surface area contributed by atoms with E-state index in [1.165, 1.54) is 43.6 Å². The Bertz CT molecular complexity index is 532. The first-order chi connectivity index (χ1) is 10.3. The molecule has 21 heavy (non-hydrogen) atoms. The zero-order valence-corrected chi connectivity index (χ0v) is 14.0. The summed E-state index contributed by atoms with van der Waals surface area (Å²) in [5.74, 6) is 0.911. The molecule has 1 saturated heterocycles. The van der Waals surface area contributed by atoms with Gasteiger partial charge in [0.1, 0.15) is 5.75 Å². The van der Waals surface area contributed by atoms with Crippen LogP contribution in [-0.4, -0.2) is 29.3 Å². The maximum atomic E-state index is 5.51. The molecule has 1 unspecified atom stereocenters. The van der Waals surface area contributed by atoms with Crippen molar-refractivity contribution < 1.29 is 4.74 Å². The standard InChI is InChI=1S/C17H21NOS2/c1-19-15-7-5-13(6-8-15)16-11-14(12-17(20)21-16)18-9-3-2-4-10-18/h5-8,12,16H,2-4,9-11H2,1H3. The third-order valence-corrected chi connectivity index (χ3v) is 5.67. The fraction of sp³-hybridized carbons (Fsp3) is 0.471. The first-order valence-electron chi connectivity index (χ1n) is 7.56. The summed E-state index contributed by atoms with van der Waals surface area (Å²) >= 11 is 7.32. The lowest BCUT2D eigenvalue weighted by molar-refractivity contribution is 0.276. The van der Waals surface area contributed by atoms with E-state index in [-0.39, 0.29) is 0 Å². The minimum Gasteiger partial charge on any atom is -0.497 e. The van der Waals surface area contributed by atoms with Crippen LogP contribution >= 0.6 is 24.0 Å². The summed E-state index contributed by atoms with van der Waals surface area (Å²) in [6, 6.07) is 8.41. The second kappa shape index (κ2) is 6.84. The van der Waals surface area contributed by atoms with Gasteiger partial charge in [0.2, 0.25) is 0 Å². The maximum absolute atomic E-state index is 5.51. The zero-order chi connectivity index (χ0) is 14.7. The first kappa shape index (κ1) is 14.9. The molecule has 112 valence electrons. The monoisotopic (exact) mass is 319 g/mol. The average Bonchev–Trinajstić information content (AvgIpc) is 2.55. The molecule has 2 heterocycles. The molecule has 2 aliphatic heterocycles. The Morgan fingerprint density at radius 3 is 2.52 bits per heavy atom. The highest BCUT2D eigenvalue weighted by Gasteiger charge is 2.24. The number of thioether (sulfide) groups is 1. The smallest absolute Gasteiger partial charge is 0.118 e. The number of rotatable bonds is 3. The number of ether oxygens (including phenoxy) is 1. The predicted octanol–water partition coefficient (Wildman–Crippen LogP) is 4.57. The summed E-state index contributed by atoms with van der Waals surface area (Å²) in [6.07, 6.45) is 7.28. The molecular formula is C17H21NOS2. The molecule has 1 aromatic carbocycles. The summed E-state index contributed by atoms with van der Waals surface area (Å²) in [5.41, 5.74) is 2.77. The molecule has 0 aromatic heterocycles. The number of methoxy groups -OCH3 is 1. The van der Waals surface area contributed by atoms with Crippen LogP contribution in [0.2, 0.25) is 0 Å². The van der Waals surface area contributed by atoms with Gasteiger partial charge in [0.05, 0.1) is 11.3 Å². The van der Waals surface area contributed by atoms with Crippen molar-refractivity contribution in [1.29, 1.82) is 0 Å². The van der Waals surface area contributed by atoms with Crippen molar-refractivity contribution in [3.63, 3.8) is 0 Å². The normalized spacial score (nSPS) is 22.9. The first-order valence-corrected chi connectivity index (χ1v) is 8.85. The number of piperidine rings is 1. The van der Waals surface area contributed by atoms with Gasteiger partial charge in [-0.1, -0.05) is 24.4 Å². The van der Waals surface area contributed by atoms with E-state index in [9.17, 15) is 0 Å². The molecule has 0 bridgehead atoms. The lowest BCUT2D eigenvalue weighted by Gasteiger charge is -2.35. The molecule has 0 aliphatic carbocycles. The fourth-order valence-corrected chi connectivity index (χ4v) is 4.52. The molecule has 0 radical (unpaired) electrons. The highest BCUT2D eigenvalue weighted by atomic mass is 32.2. The van der Waals surface area contributed by atoms with Crippen LogP contribution < -0.4 is 4.74 Å². The molecular weight excluding hydrogens is 298 g/mol. The van der Waals surface area contributed by atoms with Gasteiger partial charge in [-0.2, -0.15) is 0 Å². The quantitative estimate of drug-likeness (QED) is 0.756. The number of nitrogens with zero attached hydrogens (tertiary/aromatic N) is 1. The molecule has 0 spiro atoms. The molecule has 2 aliphatic rings. The zero-order valence-electron chi connectivity index (χ0n) is 12.4. The highest BCUT2D eigenvalue weighted by Crippen LogP contribution is 2.41. The van der Waals surface area contributed by atoms with Crippen LogP contribution in [-0.2, 0) is 0 Å². The second-order valence-corrected chi connectivity index (χ2v) is 7.53. The van der Waals surface area contributed by atoms with Crippen LogP contribution in [0.1, 0.15) is 36.5 Å². The van der Waals surface area contributed by atoms with Crippen LogP contribution in [0.25, 0.3) is 0 Å². The van der Waals surface area contributed by atoms with E-state index in [4.69, 9.17) is 17.0 Å². The predicted molar refractivity (Wildman–Crippen MR) is 94.0 cm³/mol. The molecule has 0 amide bonds. The number of allylic oxidation sites excluding steroid dienone is 1. The van der Waals surface area contributed by atoms with Crippen LogP contribution in [0.5, 0.6) is 5.75 Å². The van der Waals surface area contributed by atoms with Crippen molar-refractivity contribution in [2.75, 3.05) is 20.2 Å². The van der Waals surface area contributed by atoms with E-state index in [0.29, 0.717) is 5.25 Å². The van der Waals surface area contributed by atoms with Gasteiger partial charge in [0.15, 0.2) is 0 Å². The number of hydrogen-bond donors (Lipinski definition) is 0. The molecule has 2 nitrogen and oxygen atoms in total. The van der Waals surface area contributed by atoms with Crippen LogP contribution in [0.4, 0.5) is 0 Å². The lowest BCUT2D eigenvalue weighted by Crippen LogP contribution is -2.31. The summed E-state index contributed by atoms with van der Waals surface area (Å²) in [6.45, 7) is 2.38. The number of benzene rings is 1. The van der Waals surface area contributed by atoms with Crippen molar-refractivity contribution in [2.45, 2.75) is 30.9 Å². The van der Waals surface area contributed by atoms with Gasteiger partial charge in [-0.15, -0.1) is 11.8 Å². The Morgan fingerprint density at radius 2 is 1.86 bits per heavy atom. The van der Waals surface area contributed by atoms with Crippen molar-refractivity contribution in [1.82, 2.24) is 4.90 Å². The van der Waals surface area contributed by atoms with E-state index in [1.807, 2.05) is 23.9 Å². The van der Waals surface area contributed by atoms with Gasteiger partial charge in [-0.05, 0) is 43.0 Å². The van der Waals surface area contributed by atoms with Gasteiger partial charge in [-0.3, -0.25) is 0 Å². The van der Waals surface area contributed by atoms with Crippen LogP contribution in [0, 0.1) is 0 Å². The van der Waals surface area contributed by atoms with Gasteiger partial charge in [-0.25, -0.2) is 0 Å². The number of hydrogen-bond acceptors (Lipinski definition) is 4. The number of thiocarbonyl (C=S) groups is 1. The molecule has 3 rings (SSSR count). The van der Waals surface area contributed by atoms with Crippen molar-refractivity contribution in [2.24, 2.45) is 0 Å². The minimum atomic E-state index is 0.435.